The highest BCUT2D eigenvalue weighted by molar-refractivity contribution is 5.79. The van der Waals surface area contributed by atoms with Gasteiger partial charge in [0.1, 0.15) is 17.2 Å². The Kier molecular flexibility index (Phi) is 8.83. The van der Waals surface area contributed by atoms with Gasteiger partial charge >= 0.3 is 0 Å². The Hall–Kier alpha value is -2.89. The average Bonchev–Trinajstić information content (AvgIpc) is 2.72. The molecule has 0 atom stereocenters. The molecule has 0 bridgehead atoms. The van der Waals surface area contributed by atoms with Crippen LogP contribution in [0.3, 0.4) is 0 Å². The minimum Gasteiger partial charge on any atom is -0.497 e. The van der Waals surface area contributed by atoms with Crippen molar-refractivity contribution in [1.29, 1.82) is 0 Å². The molecule has 0 heterocycles. The molecule has 6 heteroatoms. The van der Waals surface area contributed by atoms with E-state index >= 15 is 0 Å². The van der Waals surface area contributed by atoms with Crippen LogP contribution in [0.2, 0.25) is 0 Å². The van der Waals surface area contributed by atoms with Crippen molar-refractivity contribution in [2.75, 3.05) is 41.0 Å². The number of methoxy groups -OCH3 is 2. The fraction of sp³-hybridized carbons (Fsp3) is 0.381. The molecule has 0 unspecified atom stereocenters. The minimum atomic E-state index is 0.662. The summed E-state index contributed by atoms with van der Waals surface area (Å²) in [4.78, 5) is 4.25. The maximum atomic E-state index is 5.68. The molecular weight excluding hydrogens is 342 g/mol. The third-order valence-corrected chi connectivity index (χ3v) is 4.02. The summed E-state index contributed by atoms with van der Waals surface area (Å²) in [6, 6.07) is 15.7. The zero-order chi connectivity index (χ0) is 19.3. The predicted octanol–water partition coefficient (Wildman–Crippen LogP) is 2.88. The van der Waals surface area contributed by atoms with Gasteiger partial charge in [-0.15, -0.1) is 0 Å². The maximum absolute atomic E-state index is 5.68. The van der Waals surface area contributed by atoms with Crippen LogP contribution in [0.15, 0.2) is 53.5 Å². The zero-order valence-electron chi connectivity index (χ0n) is 16.3. The van der Waals surface area contributed by atoms with Crippen LogP contribution in [0.25, 0.3) is 0 Å². The van der Waals surface area contributed by atoms with Crippen LogP contribution in [0.4, 0.5) is 0 Å². The Morgan fingerprint density at radius 3 is 2.41 bits per heavy atom. The van der Waals surface area contributed by atoms with Gasteiger partial charge in [-0.2, -0.15) is 0 Å². The number of nitrogens with zero attached hydrogens (tertiary/aromatic N) is 1. The lowest BCUT2D eigenvalue weighted by Crippen LogP contribution is -2.39. The third kappa shape index (κ3) is 7.09. The van der Waals surface area contributed by atoms with Crippen LogP contribution < -0.4 is 24.8 Å². The number of para-hydroxylation sites is 1. The van der Waals surface area contributed by atoms with Crippen molar-refractivity contribution in [3.8, 4) is 17.2 Å². The van der Waals surface area contributed by atoms with E-state index in [-0.39, 0.29) is 0 Å². The van der Waals surface area contributed by atoms with E-state index in [4.69, 9.17) is 14.2 Å². The summed E-state index contributed by atoms with van der Waals surface area (Å²) in [5, 5.41) is 6.61. The van der Waals surface area contributed by atoms with Crippen molar-refractivity contribution >= 4 is 5.96 Å². The molecule has 2 aromatic carbocycles. The van der Waals surface area contributed by atoms with Gasteiger partial charge in [-0.25, -0.2) is 0 Å². The van der Waals surface area contributed by atoms with Crippen LogP contribution in [-0.4, -0.2) is 46.9 Å². The second kappa shape index (κ2) is 11.7. The van der Waals surface area contributed by atoms with Crippen molar-refractivity contribution in [3.63, 3.8) is 0 Å². The number of benzene rings is 2. The van der Waals surface area contributed by atoms with E-state index in [9.17, 15) is 0 Å². The van der Waals surface area contributed by atoms with E-state index in [0.29, 0.717) is 6.61 Å². The van der Waals surface area contributed by atoms with Crippen LogP contribution >= 0.6 is 0 Å². The van der Waals surface area contributed by atoms with Crippen molar-refractivity contribution < 1.29 is 14.2 Å². The number of rotatable bonds is 10. The highest BCUT2D eigenvalue weighted by Gasteiger charge is 2.05. The van der Waals surface area contributed by atoms with Crippen LogP contribution in [0.5, 0.6) is 17.2 Å². The topological polar surface area (TPSA) is 64.1 Å². The van der Waals surface area contributed by atoms with Gasteiger partial charge in [0.15, 0.2) is 5.96 Å². The lowest BCUT2D eigenvalue weighted by molar-refractivity contribution is 0.311. The third-order valence-electron chi connectivity index (χ3n) is 4.02. The molecule has 0 radical (unpaired) electrons. The first-order chi connectivity index (χ1) is 13.3. The van der Waals surface area contributed by atoms with Gasteiger partial charge in [-0.1, -0.05) is 18.2 Å². The summed E-state index contributed by atoms with van der Waals surface area (Å²) in [6.45, 7) is 2.19. The predicted molar refractivity (Wildman–Crippen MR) is 109 cm³/mol. The Morgan fingerprint density at radius 2 is 1.70 bits per heavy atom. The van der Waals surface area contributed by atoms with Crippen LogP contribution in [-0.2, 0) is 6.42 Å². The van der Waals surface area contributed by atoms with Crippen molar-refractivity contribution in [1.82, 2.24) is 10.6 Å². The van der Waals surface area contributed by atoms with Crippen molar-refractivity contribution in [2.45, 2.75) is 12.8 Å². The second-order valence-electron chi connectivity index (χ2n) is 5.87. The van der Waals surface area contributed by atoms with Gasteiger partial charge in [-0.3, -0.25) is 4.99 Å². The number of aliphatic imine (C=N–C) groups is 1. The number of nitrogens with one attached hydrogen (secondary N) is 2. The molecule has 0 fully saturated rings. The van der Waals surface area contributed by atoms with Crippen LogP contribution in [0, 0.1) is 0 Å². The summed E-state index contributed by atoms with van der Waals surface area (Å²) in [5.41, 5.74) is 1.09. The van der Waals surface area contributed by atoms with E-state index in [1.807, 2.05) is 48.5 Å². The quantitative estimate of drug-likeness (QED) is 0.382. The number of guanidine groups is 1. The molecule has 0 aromatic heterocycles. The average molecular weight is 371 g/mol. The highest BCUT2D eigenvalue weighted by Crippen LogP contribution is 2.24. The molecule has 2 rings (SSSR count). The number of ether oxygens (including phenoxy) is 3. The first-order valence-electron chi connectivity index (χ1n) is 9.10. The molecule has 6 nitrogen and oxygen atoms in total. The number of hydrogen-bond donors (Lipinski definition) is 2. The van der Waals surface area contributed by atoms with Gasteiger partial charge in [0, 0.05) is 20.1 Å². The zero-order valence-corrected chi connectivity index (χ0v) is 16.3. The summed E-state index contributed by atoms with van der Waals surface area (Å²) in [7, 11) is 5.11. The SMILES string of the molecule is CN=C(NCCCOc1ccccc1)NCCc1cc(OC)ccc1OC. The molecule has 27 heavy (non-hydrogen) atoms. The molecule has 0 aliphatic carbocycles. The Balaban J connectivity index is 1.68. The van der Waals surface area contributed by atoms with Gasteiger partial charge in [0.2, 0.25) is 0 Å². The molecular formula is C21H29N3O3. The molecule has 146 valence electrons. The molecule has 2 N–H and O–H groups in total. The van der Waals surface area contributed by atoms with Gasteiger partial charge < -0.3 is 24.8 Å². The van der Waals surface area contributed by atoms with E-state index < -0.39 is 0 Å². The van der Waals surface area contributed by atoms with Gasteiger partial charge in [-0.05, 0) is 48.7 Å². The fourth-order valence-electron chi connectivity index (χ4n) is 2.60. The van der Waals surface area contributed by atoms with E-state index in [1.54, 1.807) is 21.3 Å². The normalized spacial score (nSPS) is 11.0. The van der Waals surface area contributed by atoms with Crippen molar-refractivity contribution in [3.05, 3.63) is 54.1 Å². The van der Waals surface area contributed by atoms with Crippen LogP contribution in [0.1, 0.15) is 12.0 Å². The lowest BCUT2D eigenvalue weighted by Gasteiger charge is -2.14. The molecule has 2 aromatic rings. The standard InChI is InChI=1S/C21H29N3O3/c1-22-21(23-13-7-15-27-18-8-5-4-6-9-18)24-14-12-17-16-19(25-2)10-11-20(17)26-3/h4-6,8-11,16H,7,12-15H2,1-3H3,(H2,22,23,24). The van der Waals surface area contributed by atoms with Gasteiger partial charge in [0.25, 0.3) is 0 Å². The Bertz CT molecular complexity index is 705. The molecule has 0 aliphatic heterocycles. The summed E-state index contributed by atoms with van der Waals surface area (Å²) < 4.78 is 16.4. The first kappa shape index (κ1) is 20.4. The summed E-state index contributed by atoms with van der Waals surface area (Å²) in [5.74, 6) is 3.36. The lowest BCUT2D eigenvalue weighted by atomic mass is 10.1. The van der Waals surface area contributed by atoms with E-state index in [0.717, 1.165) is 54.7 Å². The molecule has 0 saturated carbocycles. The first-order valence-corrected chi connectivity index (χ1v) is 9.10. The highest BCUT2D eigenvalue weighted by atomic mass is 16.5. The largest absolute Gasteiger partial charge is 0.497 e. The molecule has 0 spiro atoms. The minimum absolute atomic E-state index is 0.662. The second-order valence-corrected chi connectivity index (χ2v) is 5.87. The smallest absolute Gasteiger partial charge is 0.190 e. The summed E-state index contributed by atoms with van der Waals surface area (Å²) >= 11 is 0. The van der Waals surface area contributed by atoms with Gasteiger partial charge in [0.05, 0.1) is 20.8 Å². The van der Waals surface area contributed by atoms with E-state index in [1.165, 1.54) is 0 Å². The fourth-order valence-corrected chi connectivity index (χ4v) is 2.60. The maximum Gasteiger partial charge on any atom is 0.190 e. The van der Waals surface area contributed by atoms with E-state index in [2.05, 4.69) is 15.6 Å². The van der Waals surface area contributed by atoms with Crippen molar-refractivity contribution in [2.24, 2.45) is 4.99 Å². The monoisotopic (exact) mass is 371 g/mol. The Labute approximate surface area is 161 Å². The Morgan fingerprint density at radius 1 is 0.926 bits per heavy atom. The number of hydrogen-bond acceptors (Lipinski definition) is 4. The molecule has 0 saturated heterocycles. The summed E-state index contributed by atoms with van der Waals surface area (Å²) in [6.07, 6.45) is 1.69. The molecule has 0 aliphatic rings. The molecule has 0 amide bonds.